The van der Waals surface area contributed by atoms with E-state index in [1.54, 1.807) is 32.9 Å². The van der Waals surface area contributed by atoms with Gasteiger partial charge in [-0.2, -0.15) is 0 Å². The number of benzene rings is 1. The van der Waals surface area contributed by atoms with Crippen LogP contribution >= 0.6 is 15.9 Å². The summed E-state index contributed by atoms with van der Waals surface area (Å²) in [6.45, 7) is 5.40. The Kier molecular flexibility index (Phi) is 3.54. The largest absolute Gasteiger partial charge is 0.444 e. The molecule has 5 nitrogen and oxygen atoms in total. The van der Waals surface area contributed by atoms with Crippen LogP contribution in [0.15, 0.2) is 16.6 Å². The first-order chi connectivity index (χ1) is 8.76. The average molecular weight is 327 g/mol. The van der Waals surface area contributed by atoms with Gasteiger partial charge in [0, 0.05) is 15.7 Å². The maximum absolute atomic E-state index is 11.7. The molecule has 0 aliphatic carbocycles. The summed E-state index contributed by atoms with van der Waals surface area (Å²) in [5, 5.41) is 5.41. The highest BCUT2D eigenvalue weighted by atomic mass is 79.9. The van der Waals surface area contributed by atoms with Gasteiger partial charge in [0.2, 0.25) is 5.91 Å². The van der Waals surface area contributed by atoms with Gasteiger partial charge in [0.05, 0.1) is 12.1 Å². The number of hydrogen-bond acceptors (Lipinski definition) is 3. The zero-order valence-electron chi connectivity index (χ0n) is 11.0. The molecule has 6 heteroatoms. The normalized spacial score (nSPS) is 13.8. The van der Waals surface area contributed by atoms with Gasteiger partial charge in [-0.15, -0.1) is 0 Å². The number of anilines is 2. The van der Waals surface area contributed by atoms with Gasteiger partial charge in [-0.25, -0.2) is 4.79 Å². The first kappa shape index (κ1) is 13.9. The van der Waals surface area contributed by atoms with Crippen LogP contribution in [0.4, 0.5) is 16.2 Å². The van der Waals surface area contributed by atoms with Crippen LogP contribution < -0.4 is 10.6 Å². The van der Waals surface area contributed by atoms with E-state index in [0.29, 0.717) is 16.6 Å². The Morgan fingerprint density at radius 1 is 1.42 bits per heavy atom. The number of rotatable bonds is 1. The second kappa shape index (κ2) is 4.85. The van der Waals surface area contributed by atoms with Crippen molar-refractivity contribution in [1.82, 2.24) is 0 Å². The molecule has 2 amide bonds. The molecule has 0 unspecified atom stereocenters. The SMILES string of the molecule is CC(C)(C)OC(=O)Nc1ccc2c(c1Br)CC(=O)N2. The summed E-state index contributed by atoms with van der Waals surface area (Å²) in [7, 11) is 0. The van der Waals surface area contributed by atoms with Gasteiger partial charge >= 0.3 is 6.09 Å². The third-order valence-electron chi connectivity index (χ3n) is 2.49. The molecule has 0 aromatic heterocycles. The molecule has 0 saturated heterocycles. The minimum atomic E-state index is -0.551. The maximum atomic E-state index is 11.7. The molecule has 1 heterocycles. The summed E-state index contributed by atoms with van der Waals surface area (Å²) in [5.41, 5.74) is 1.65. The number of carbonyl (C=O) groups excluding carboxylic acids is 2. The van der Waals surface area contributed by atoms with Crippen molar-refractivity contribution >= 4 is 39.3 Å². The van der Waals surface area contributed by atoms with Crippen LogP contribution in [0.3, 0.4) is 0 Å². The molecule has 0 spiro atoms. The van der Waals surface area contributed by atoms with E-state index >= 15 is 0 Å². The Labute approximate surface area is 119 Å². The van der Waals surface area contributed by atoms with Crippen LogP contribution in [0.5, 0.6) is 0 Å². The fourth-order valence-electron chi connectivity index (χ4n) is 1.78. The van der Waals surface area contributed by atoms with Crippen LogP contribution in [-0.2, 0) is 16.0 Å². The molecule has 2 N–H and O–H groups in total. The number of nitrogens with one attached hydrogen (secondary N) is 2. The smallest absolute Gasteiger partial charge is 0.412 e. The molecule has 1 aliphatic heterocycles. The summed E-state index contributed by atoms with van der Waals surface area (Å²) < 4.78 is 5.89. The second-order valence-electron chi connectivity index (χ2n) is 5.31. The number of fused-ring (bicyclic) bond motifs is 1. The topological polar surface area (TPSA) is 67.4 Å². The van der Waals surface area contributed by atoms with E-state index in [2.05, 4.69) is 26.6 Å². The fraction of sp³-hybridized carbons (Fsp3) is 0.385. The lowest BCUT2D eigenvalue weighted by Crippen LogP contribution is -2.27. The average Bonchev–Trinajstić information content (AvgIpc) is 2.61. The van der Waals surface area contributed by atoms with E-state index in [1.165, 1.54) is 0 Å². The van der Waals surface area contributed by atoms with Crippen molar-refractivity contribution in [3.05, 3.63) is 22.2 Å². The molecular weight excluding hydrogens is 312 g/mol. The van der Waals surface area contributed by atoms with Gasteiger partial charge in [0.1, 0.15) is 5.60 Å². The highest BCUT2D eigenvalue weighted by Crippen LogP contribution is 2.35. The standard InChI is InChI=1S/C13H15BrN2O3/c1-13(2,3)19-12(18)16-9-5-4-8-7(11(9)14)6-10(17)15-8/h4-5H,6H2,1-3H3,(H,15,17)(H,16,18). The van der Waals surface area contributed by atoms with Gasteiger partial charge in [0.15, 0.2) is 0 Å². The minimum absolute atomic E-state index is 0.0508. The maximum Gasteiger partial charge on any atom is 0.412 e. The third-order valence-corrected chi connectivity index (χ3v) is 3.40. The summed E-state index contributed by atoms with van der Waals surface area (Å²) in [4.78, 5) is 23.0. The third kappa shape index (κ3) is 3.26. The molecule has 0 bridgehead atoms. The molecule has 1 aliphatic rings. The van der Waals surface area contributed by atoms with E-state index in [0.717, 1.165) is 11.3 Å². The summed E-state index contributed by atoms with van der Waals surface area (Å²) in [6.07, 6.45) is -0.217. The highest BCUT2D eigenvalue weighted by Gasteiger charge is 2.23. The lowest BCUT2D eigenvalue weighted by Gasteiger charge is -2.20. The molecule has 2 rings (SSSR count). The Morgan fingerprint density at radius 3 is 2.74 bits per heavy atom. The Balaban J connectivity index is 2.17. The van der Waals surface area contributed by atoms with Crippen LogP contribution in [-0.4, -0.2) is 17.6 Å². The molecular formula is C13H15BrN2O3. The number of halogens is 1. The fourth-order valence-corrected chi connectivity index (χ4v) is 2.36. The van der Waals surface area contributed by atoms with Crippen molar-refractivity contribution in [2.24, 2.45) is 0 Å². The molecule has 0 radical (unpaired) electrons. The van der Waals surface area contributed by atoms with Gasteiger partial charge in [-0.1, -0.05) is 0 Å². The number of ether oxygens (including phenoxy) is 1. The molecule has 1 aromatic rings. The van der Waals surface area contributed by atoms with Crippen molar-refractivity contribution in [1.29, 1.82) is 0 Å². The van der Waals surface area contributed by atoms with Gasteiger partial charge < -0.3 is 10.1 Å². The Hall–Kier alpha value is -1.56. The van der Waals surface area contributed by atoms with E-state index in [9.17, 15) is 9.59 Å². The van der Waals surface area contributed by atoms with Crippen molar-refractivity contribution in [3.63, 3.8) is 0 Å². The van der Waals surface area contributed by atoms with E-state index in [4.69, 9.17) is 4.74 Å². The zero-order chi connectivity index (χ0) is 14.2. The summed E-state index contributed by atoms with van der Waals surface area (Å²) in [6, 6.07) is 3.48. The van der Waals surface area contributed by atoms with E-state index < -0.39 is 11.7 Å². The number of amides is 2. The van der Waals surface area contributed by atoms with Crippen LogP contribution in [0.2, 0.25) is 0 Å². The Morgan fingerprint density at radius 2 is 2.11 bits per heavy atom. The monoisotopic (exact) mass is 326 g/mol. The van der Waals surface area contributed by atoms with Crippen molar-refractivity contribution < 1.29 is 14.3 Å². The predicted molar refractivity (Wildman–Crippen MR) is 76.3 cm³/mol. The van der Waals surface area contributed by atoms with Crippen molar-refractivity contribution in [2.75, 3.05) is 10.6 Å². The number of hydrogen-bond donors (Lipinski definition) is 2. The number of carbonyl (C=O) groups is 2. The molecule has 0 saturated carbocycles. The highest BCUT2D eigenvalue weighted by molar-refractivity contribution is 9.10. The zero-order valence-corrected chi connectivity index (χ0v) is 12.6. The second-order valence-corrected chi connectivity index (χ2v) is 6.10. The molecule has 0 fully saturated rings. The molecule has 19 heavy (non-hydrogen) atoms. The van der Waals surface area contributed by atoms with Gasteiger partial charge in [-0.3, -0.25) is 10.1 Å². The Bertz CT molecular complexity index is 550. The van der Waals surface area contributed by atoms with E-state index in [-0.39, 0.29) is 5.91 Å². The molecule has 0 atom stereocenters. The van der Waals surface area contributed by atoms with Crippen LogP contribution in [0.25, 0.3) is 0 Å². The first-order valence-corrected chi connectivity index (χ1v) is 6.67. The lowest BCUT2D eigenvalue weighted by atomic mass is 10.1. The summed E-state index contributed by atoms with van der Waals surface area (Å²) in [5.74, 6) is -0.0508. The minimum Gasteiger partial charge on any atom is -0.444 e. The van der Waals surface area contributed by atoms with Gasteiger partial charge in [0.25, 0.3) is 0 Å². The van der Waals surface area contributed by atoms with Crippen LogP contribution in [0, 0.1) is 0 Å². The van der Waals surface area contributed by atoms with E-state index in [1.807, 2.05) is 0 Å². The van der Waals surface area contributed by atoms with Crippen LogP contribution in [0.1, 0.15) is 26.3 Å². The quantitative estimate of drug-likeness (QED) is 0.832. The van der Waals surface area contributed by atoms with Crippen molar-refractivity contribution in [2.45, 2.75) is 32.8 Å². The first-order valence-electron chi connectivity index (χ1n) is 5.87. The predicted octanol–water partition coefficient (Wildman–Crippen LogP) is 3.29. The molecule has 102 valence electrons. The summed E-state index contributed by atoms with van der Waals surface area (Å²) >= 11 is 3.41. The molecule has 1 aromatic carbocycles. The lowest BCUT2D eigenvalue weighted by molar-refractivity contribution is -0.115. The van der Waals surface area contributed by atoms with Gasteiger partial charge in [-0.05, 0) is 48.8 Å². The van der Waals surface area contributed by atoms with Crippen molar-refractivity contribution in [3.8, 4) is 0 Å².